The van der Waals surface area contributed by atoms with Crippen molar-refractivity contribution in [2.75, 3.05) is 18.9 Å². The van der Waals surface area contributed by atoms with Crippen molar-refractivity contribution in [3.05, 3.63) is 11.4 Å². The van der Waals surface area contributed by atoms with Crippen LogP contribution in [0.25, 0.3) is 0 Å². The highest BCUT2D eigenvalue weighted by Crippen LogP contribution is 2.17. The third kappa shape index (κ3) is 2.95. The quantitative estimate of drug-likeness (QED) is 0.692. The molecule has 6 nitrogen and oxygen atoms in total. The molecular formula is C10H16F2N4O2. The molecule has 1 aromatic rings. The second-order valence-electron chi connectivity index (χ2n) is 3.88. The average Bonchev–Trinajstić information content (AvgIpc) is 2.61. The van der Waals surface area contributed by atoms with E-state index in [-0.39, 0.29) is 11.4 Å². The Morgan fingerprint density at radius 3 is 2.67 bits per heavy atom. The molecule has 0 aliphatic carbocycles. The minimum Gasteiger partial charge on any atom is -0.395 e. The normalized spacial score (nSPS) is 11.6. The molecule has 102 valence electrons. The number of rotatable bonds is 5. The molecule has 0 aromatic carbocycles. The summed E-state index contributed by atoms with van der Waals surface area (Å²) in [6, 6.07) is 0. The highest BCUT2D eigenvalue weighted by molar-refractivity contribution is 5.98. The van der Waals surface area contributed by atoms with Crippen molar-refractivity contribution in [1.29, 1.82) is 0 Å². The fraction of sp³-hybridized carbons (Fsp3) is 0.600. The Hall–Kier alpha value is -1.70. The first-order chi connectivity index (χ1) is 8.32. The Morgan fingerprint density at radius 2 is 2.22 bits per heavy atom. The first-order valence-electron chi connectivity index (χ1n) is 5.40. The van der Waals surface area contributed by atoms with Gasteiger partial charge in [-0.3, -0.25) is 9.48 Å². The summed E-state index contributed by atoms with van der Waals surface area (Å²) in [5.41, 5.74) is 6.47. The number of aliphatic hydroxyl groups is 1. The van der Waals surface area contributed by atoms with Gasteiger partial charge in [-0.2, -0.15) is 5.10 Å². The van der Waals surface area contributed by atoms with E-state index in [0.717, 1.165) is 0 Å². The van der Waals surface area contributed by atoms with E-state index in [1.54, 1.807) is 0 Å². The number of nitrogens with two attached hydrogens (primary N) is 1. The maximum absolute atomic E-state index is 12.8. The number of anilines is 1. The van der Waals surface area contributed by atoms with Crippen LogP contribution in [-0.2, 0) is 13.5 Å². The number of nitrogens with zero attached hydrogens (tertiary/aromatic N) is 2. The molecule has 0 bridgehead atoms. The van der Waals surface area contributed by atoms with Gasteiger partial charge in [-0.05, 0) is 6.42 Å². The predicted molar refractivity (Wildman–Crippen MR) is 61.4 cm³/mol. The third-order valence-corrected chi connectivity index (χ3v) is 2.45. The van der Waals surface area contributed by atoms with E-state index < -0.39 is 25.0 Å². The molecule has 1 rings (SSSR count). The number of amides is 1. The van der Waals surface area contributed by atoms with Crippen LogP contribution < -0.4 is 11.1 Å². The van der Waals surface area contributed by atoms with E-state index in [4.69, 9.17) is 10.8 Å². The van der Waals surface area contributed by atoms with Crippen LogP contribution in [0, 0.1) is 0 Å². The highest BCUT2D eigenvalue weighted by Gasteiger charge is 2.29. The molecule has 0 fully saturated rings. The lowest BCUT2D eigenvalue weighted by molar-refractivity contribution is -0.0462. The number of aliphatic hydroxyl groups excluding tert-OH is 1. The van der Waals surface area contributed by atoms with Crippen molar-refractivity contribution >= 4 is 11.6 Å². The molecular weight excluding hydrogens is 246 g/mol. The predicted octanol–water partition coefficient (Wildman–Crippen LogP) is -0.0779. The number of nitrogen functional groups attached to an aromatic ring is 1. The first kappa shape index (κ1) is 14.4. The second kappa shape index (κ2) is 5.30. The molecule has 0 spiro atoms. The van der Waals surface area contributed by atoms with Crippen molar-refractivity contribution in [2.24, 2.45) is 7.05 Å². The number of nitrogens with one attached hydrogen (secondary N) is 1. The molecule has 18 heavy (non-hydrogen) atoms. The Labute approximate surface area is 103 Å². The number of aromatic nitrogens is 2. The zero-order valence-electron chi connectivity index (χ0n) is 10.2. The van der Waals surface area contributed by atoms with Crippen molar-refractivity contribution in [3.63, 3.8) is 0 Å². The van der Waals surface area contributed by atoms with Gasteiger partial charge in [0.25, 0.3) is 11.8 Å². The van der Waals surface area contributed by atoms with E-state index in [2.05, 4.69) is 5.10 Å². The van der Waals surface area contributed by atoms with Gasteiger partial charge in [-0.25, -0.2) is 8.78 Å². The number of alkyl halides is 2. The Bertz CT molecular complexity index is 445. The molecule has 4 N–H and O–H groups in total. The lowest BCUT2D eigenvalue weighted by atomic mass is 10.2. The molecule has 1 aromatic heterocycles. The van der Waals surface area contributed by atoms with Crippen molar-refractivity contribution in [1.82, 2.24) is 15.1 Å². The molecule has 0 radical (unpaired) electrons. The van der Waals surface area contributed by atoms with Crippen molar-refractivity contribution in [3.8, 4) is 0 Å². The van der Waals surface area contributed by atoms with E-state index in [9.17, 15) is 13.6 Å². The van der Waals surface area contributed by atoms with E-state index in [0.29, 0.717) is 12.1 Å². The summed E-state index contributed by atoms with van der Waals surface area (Å²) in [6.07, 6.45) is 0.541. The van der Waals surface area contributed by atoms with Crippen molar-refractivity contribution in [2.45, 2.75) is 19.3 Å². The number of aryl methyl sites for hydroxylation is 2. The largest absolute Gasteiger partial charge is 0.395 e. The fourth-order valence-corrected chi connectivity index (χ4v) is 1.48. The minimum absolute atomic E-state index is 0.0422. The summed E-state index contributed by atoms with van der Waals surface area (Å²) in [7, 11) is 1.51. The zero-order valence-corrected chi connectivity index (χ0v) is 10.2. The average molecular weight is 262 g/mol. The summed E-state index contributed by atoms with van der Waals surface area (Å²) in [6.45, 7) is -0.455. The van der Waals surface area contributed by atoms with Crippen LogP contribution in [0.3, 0.4) is 0 Å². The summed E-state index contributed by atoms with van der Waals surface area (Å²) >= 11 is 0. The van der Waals surface area contributed by atoms with Gasteiger partial charge in [0, 0.05) is 7.05 Å². The molecule has 8 heteroatoms. The summed E-state index contributed by atoms with van der Waals surface area (Å²) < 4.78 is 26.8. The second-order valence-corrected chi connectivity index (χ2v) is 3.88. The summed E-state index contributed by atoms with van der Waals surface area (Å²) in [5, 5.41) is 14.4. The monoisotopic (exact) mass is 262 g/mol. The number of halogens is 2. The van der Waals surface area contributed by atoms with Crippen LogP contribution in [0.2, 0.25) is 0 Å². The van der Waals surface area contributed by atoms with Crippen LogP contribution in [0.1, 0.15) is 23.1 Å². The van der Waals surface area contributed by atoms with Gasteiger partial charge in [0.15, 0.2) is 0 Å². The first-order valence-corrected chi connectivity index (χ1v) is 5.40. The highest BCUT2D eigenvalue weighted by atomic mass is 19.3. The summed E-state index contributed by atoms with van der Waals surface area (Å²) in [5.74, 6) is -4.09. The molecule has 0 aliphatic rings. The number of hydrogen-bond donors (Lipinski definition) is 3. The Balaban J connectivity index is 2.82. The van der Waals surface area contributed by atoms with Crippen LogP contribution in [-0.4, -0.2) is 39.9 Å². The van der Waals surface area contributed by atoms with Gasteiger partial charge in [-0.15, -0.1) is 0 Å². The molecule has 0 aliphatic heterocycles. The molecule has 0 unspecified atom stereocenters. The van der Waals surface area contributed by atoms with E-state index in [1.807, 2.05) is 12.2 Å². The van der Waals surface area contributed by atoms with Gasteiger partial charge in [0.1, 0.15) is 12.3 Å². The smallest absolute Gasteiger partial charge is 0.287 e. The van der Waals surface area contributed by atoms with Gasteiger partial charge >= 0.3 is 0 Å². The third-order valence-electron chi connectivity index (χ3n) is 2.45. The van der Waals surface area contributed by atoms with Crippen molar-refractivity contribution < 1.29 is 18.7 Å². The zero-order chi connectivity index (χ0) is 13.9. The topological polar surface area (TPSA) is 93.2 Å². The molecule has 1 amide bonds. The minimum atomic E-state index is -3.35. The SMILES string of the molecule is CCc1nn(C)c(C(=O)NCC(F)(F)CO)c1N. The lowest BCUT2D eigenvalue weighted by Crippen LogP contribution is -2.39. The molecule has 0 saturated carbocycles. The fourth-order valence-electron chi connectivity index (χ4n) is 1.48. The van der Waals surface area contributed by atoms with E-state index >= 15 is 0 Å². The van der Waals surface area contributed by atoms with E-state index in [1.165, 1.54) is 11.7 Å². The molecule has 0 atom stereocenters. The number of carbonyl (C=O) groups excluding carboxylic acids is 1. The number of carbonyl (C=O) groups is 1. The Kier molecular flexibility index (Phi) is 4.23. The summed E-state index contributed by atoms with van der Waals surface area (Å²) in [4.78, 5) is 11.7. The maximum Gasteiger partial charge on any atom is 0.287 e. The van der Waals surface area contributed by atoms with Gasteiger partial charge < -0.3 is 16.2 Å². The van der Waals surface area contributed by atoms with Gasteiger partial charge in [-0.1, -0.05) is 6.92 Å². The van der Waals surface area contributed by atoms with Gasteiger partial charge in [0.2, 0.25) is 0 Å². The number of hydrogen-bond acceptors (Lipinski definition) is 4. The molecule has 1 heterocycles. The van der Waals surface area contributed by atoms with Crippen LogP contribution in [0.5, 0.6) is 0 Å². The van der Waals surface area contributed by atoms with Gasteiger partial charge in [0.05, 0.1) is 17.9 Å². The Morgan fingerprint density at radius 1 is 1.61 bits per heavy atom. The standard InChI is InChI=1S/C10H16F2N4O2/c1-3-6-7(13)8(16(2)15-6)9(18)14-4-10(11,12)5-17/h17H,3-5,13H2,1-2H3,(H,14,18). The van der Waals surface area contributed by atoms with Crippen LogP contribution in [0.15, 0.2) is 0 Å². The molecule has 0 saturated heterocycles. The van der Waals surface area contributed by atoms with Crippen LogP contribution >= 0.6 is 0 Å². The lowest BCUT2D eigenvalue weighted by Gasteiger charge is -2.14. The van der Waals surface area contributed by atoms with Crippen LogP contribution in [0.4, 0.5) is 14.5 Å². The maximum atomic E-state index is 12.8.